The normalized spacial score (nSPS) is 10.6. The van der Waals surface area contributed by atoms with Crippen LogP contribution in [0.1, 0.15) is 31.8 Å². The summed E-state index contributed by atoms with van der Waals surface area (Å²) in [5, 5.41) is 59.3. The highest BCUT2D eigenvalue weighted by atomic mass is 16.4. The molecule has 0 radical (unpaired) electrons. The van der Waals surface area contributed by atoms with Gasteiger partial charge in [-0.05, 0) is 24.3 Å². The Bertz CT molecular complexity index is 777. The maximum atomic E-state index is 10.8. The number of carboxylic acids is 2. The van der Waals surface area contributed by atoms with Crippen LogP contribution >= 0.6 is 0 Å². The molecule has 0 saturated heterocycles. The van der Waals surface area contributed by atoms with Crippen molar-refractivity contribution in [3.63, 3.8) is 0 Å². The number of carboxylic acid groups (broad SMARTS) is 2. The molecule has 0 saturated carbocycles. The molecular formula is C16H15NO8. The number of phenolic OH excluding ortho intramolecular Hbond substituents is 2. The summed E-state index contributed by atoms with van der Waals surface area (Å²) in [7, 11) is 0. The van der Waals surface area contributed by atoms with Crippen molar-refractivity contribution in [3.8, 4) is 23.0 Å². The van der Waals surface area contributed by atoms with Gasteiger partial charge in [-0.3, -0.25) is 0 Å². The number of carbonyl (C=O) groups is 2. The van der Waals surface area contributed by atoms with Gasteiger partial charge in [0.25, 0.3) is 0 Å². The quantitative estimate of drug-likeness (QED) is 0.379. The molecule has 0 fully saturated rings. The van der Waals surface area contributed by atoms with Crippen LogP contribution in [0.5, 0.6) is 23.0 Å². The van der Waals surface area contributed by atoms with Gasteiger partial charge < -0.3 is 36.0 Å². The Hall–Kier alpha value is -3.46. The number of rotatable bonds is 6. The summed E-state index contributed by atoms with van der Waals surface area (Å²) in [5.41, 5.74) is -0.442. The molecule has 0 aromatic heterocycles. The summed E-state index contributed by atoms with van der Waals surface area (Å²) in [6, 6.07) is 4.02. The number of phenols is 4. The minimum atomic E-state index is -1.38. The molecule has 0 unspecified atom stereocenters. The van der Waals surface area contributed by atoms with Crippen LogP contribution in [-0.4, -0.2) is 42.6 Å². The fourth-order valence-electron chi connectivity index (χ4n) is 2.20. The Balaban J connectivity index is 2.11. The smallest absolute Gasteiger partial charge is 0.339 e. The predicted octanol–water partition coefficient (Wildman–Crippen LogP) is 1.20. The van der Waals surface area contributed by atoms with Crippen molar-refractivity contribution in [2.24, 2.45) is 0 Å². The van der Waals surface area contributed by atoms with Gasteiger partial charge in [0.2, 0.25) is 0 Å². The third-order valence-corrected chi connectivity index (χ3v) is 3.49. The summed E-state index contributed by atoms with van der Waals surface area (Å²) >= 11 is 0. The van der Waals surface area contributed by atoms with Gasteiger partial charge >= 0.3 is 11.9 Å². The van der Waals surface area contributed by atoms with Crippen LogP contribution in [0.4, 0.5) is 0 Å². The average Bonchev–Trinajstić information content (AvgIpc) is 2.52. The van der Waals surface area contributed by atoms with Crippen molar-refractivity contribution >= 4 is 11.9 Å². The number of nitrogens with one attached hydrogen (secondary N) is 1. The molecule has 9 nitrogen and oxygen atoms in total. The lowest BCUT2D eigenvalue weighted by Crippen LogP contribution is -2.13. The maximum Gasteiger partial charge on any atom is 0.339 e. The van der Waals surface area contributed by atoms with Gasteiger partial charge in [-0.1, -0.05) is 0 Å². The first-order chi connectivity index (χ1) is 11.7. The lowest BCUT2D eigenvalue weighted by Gasteiger charge is -2.11. The van der Waals surface area contributed by atoms with Crippen LogP contribution in [-0.2, 0) is 13.1 Å². The van der Waals surface area contributed by atoms with Crippen LogP contribution in [0.2, 0.25) is 0 Å². The van der Waals surface area contributed by atoms with Crippen molar-refractivity contribution in [1.29, 1.82) is 0 Å². The molecule has 0 bridgehead atoms. The number of hydrogen-bond donors (Lipinski definition) is 7. The molecule has 25 heavy (non-hydrogen) atoms. The van der Waals surface area contributed by atoms with Gasteiger partial charge in [-0.2, -0.15) is 0 Å². The number of hydrogen-bond acceptors (Lipinski definition) is 7. The van der Waals surface area contributed by atoms with Crippen molar-refractivity contribution in [2.45, 2.75) is 13.1 Å². The molecule has 132 valence electrons. The van der Waals surface area contributed by atoms with Crippen molar-refractivity contribution in [3.05, 3.63) is 46.5 Å². The van der Waals surface area contributed by atoms with E-state index in [-0.39, 0.29) is 35.7 Å². The van der Waals surface area contributed by atoms with E-state index in [0.717, 1.165) is 24.3 Å². The van der Waals surface area contributed by atoms with Gasteiger partial charge in [0.15, 0.2) is 0 Å². The van der Waals surface area contributed by atoms with E-state index >= 15 is 0 Å². The highest BCUT2D eigenvalue weighted by Crippen LogP contribution is 2.29. The molecule has 2 rings (SSSR count). The molecule has 0 spiro atoms. The summed E-state index contributed by atoms with van der Waals surface area (Å²) < 4.78 is 0. The molecule has 2 aromatic rings. The average molecular weight is 349 g/mol. The van der Waals surface area contributed by atoms with Gasteiger partial charge in [-0.25, -0.2) is 9.59 Å². The Labute approximate surface area is 141 Å². The van der Waals surface area contributed by atoms with Crippen LogP contribution in [0.25, 0.3) is 0 Å². The van der Waals surface area contributed by atoms with Crippen molar-refractivity contribution in [1.82, 2.24) is 5.32 Å². The minimum Gasteiger partial charge on any atom is -0.508 e. The monoisotopic (exact) mass is 349 g/mol. The van der Waals surface area contributed by atoms with E-state index < -0.39 is 34.6 Å². The number of aromatic hydroxyl groups is 4. The van der Waals surface area contributed by atoms with E-state index in [9.17, 15) is 30.0 Å². The third kappa shape index (κ3) is 3.90. The Morgan fingerprint density at radius 2 is 1.04 bits per heavy atom. The fourth-order valence-corrected chi connectivity index (χ4v) is 2.20. The highest BCUT2D eigenvalue weighted by Gasteiger charge is 2.16. The van der Waals surface area contributed by atoms with E-state index in [4.69, 9.17) is 10.2 Å². The zero-order valence-electron chi connectivity index (χ0n) is 12.7. The van der Waals surface area contributed by atoms with E-state index in [1.165, 1.54) is 0 Å². The molecule has 0 atom stereocenters. The largest absolute Gasteiger partial charge is 0.508 e. The first kappa shape index (κ1) is 17.9. The topological polar surface area (TPSA) is 168 Å². The van der Waals surface area contributed by atoms with E-state index in [0.29, 0.717) is 0 Å². The standard InChI is InChI=1S/C16H15NO8/c18-11-3-9(15(22)23)13(20)1-7(11)5-17-6-8-2-14(21)10(16(24)25)4-12(8)19/h1-4,17-21H,5-6H2,(H,22,23)(H,24,25). The molecule has 9 heteroatoms. The van der Waals surface area contributed by atoms with Crippen molar-refractivity contribution in [2.75, 3.05) is 0 Å². The first-order valence-corrected chi connectivity index (χ1v) is 6.97. The summed E-state index contributed by atoms with van der Waals surface area (Å²) in [6.45, 7) is 0.0281. The van der Waals surface area contributed by atoms with Crippen LogP contribution in [0, 0.1) is 0 Å². The van der Waals surface area contributed by atoms with Crippen molar-refractivity contribution < 1.29 is 40.2 Å². The van der Waals surface area contributed by atoms with Gasteiger partial charge in [-0.15, -0.1) is 0 Å². The lowest BCUT2D eigenvalue weighted by atomic mass is 10.1. The Morgan fingerprint density at radius 3 is 1.36 bits per heavy atom. The molecule has 0 aliphatic rings. The zero-order valence-corrected chi connectivity index (χ0v) is 12.7. The minimum absolute atomic E-state index is 0.0141. The SMILES string of the molecule is O=C(O)c1cc(O)c(CNCc2cc(O)c(C(=O)O)cc2O)cc1O. The molecule has 7 N–H and O–H groups in total. The molecular weight excluding hydrogens is 334 g/mol. The lowest BCUT2D eigenvalue weighted by molar-refractivity contribution is 0.0682. The number of benzene rings is 2. The van der Waals surface area contributed by atoms with Gasteiger partial charge in [0.1, 0.15) is 34.1 Å². The Kier molecular flexibility index (Phi) is 4.99. The summed E-state index contributed by atoms with van der Waals surface area (Å²) in [5.74, 6) is -4.45. The number of aromatic carboxylic acids is 2. The van der Waals surface area contributed by atoms with E-state index in [2.05, 4.69) is 5.32 Å². The second-order valence-corrected chi connectivity index (χ2v) is 5.21. The predicted molar refractivity (Wildman–Crippen MR) is 84.0 cm³/mol. The molecule has 0 aliphatic carbocycles. The first-order valence-electron chi connectivity index (χ1n) is 6.97. The van der Waals surface area contributed by atoms with Gasteiger partial charge in [0.05, 0.1) is 0 Å². The van der Waals surface area contributed by atoms with Gasteiger partial charge in [0, 0.05) is 24.2 Å². The van der Waals surface area contributed by atoms with Crippen LogP contribution < -0.4 is 5.32 Å². The van der Waals surface area contributed by atoms with E-state index in [1.807, 2.05) is 0 Å². The molecule has 2 aromatic carbocycles. The van der Waals surface area contributed by atoms with E-state index in [1.54, 1.807) is 0 Å². The van der Waals surface area contributed by atoms with Crippen LogP contribution in [0.3, 0.4) is 0 Å². The molecule has 0 amide bonds. The Morgan fingerprint density at radius 1 is 0.680 bits per heavy atom. The molecule has 0 aliphatic heterocycles. The third-order valence-electron chi connectivity index (χ3n) is 3.49. The molecule has 0 heterocycles. The highest BCUT2D eigenvalue weighted by molar-refractivity contribution is 5.92. The second kappa shape index (κ2) is 6.97. The van der Waals surface area contributed by atoms with Crippen LogP contribution in [0.15, 0.2) is 24.3 Å². The maximum absolute atomic E-state index is 10.8. The fraction of sp³-hybridized carbons (Fsp3) is 0.125. The summed E-state index contributed by atoms with van der Waals surface area (Å²) in [6.07, 6.45) is 0. The summed E-state index contributed by atoms with van der Waals surface area (Å²) in [4.78, 5) is 21.7. The second-order valence-electron chi connectivity index (χ2n) is 5.21. The zero-order chi connectivity index (χ0) is 18.7.